The number of nitrogens with zero attached hydrogens (tertiary/aromatic N) is 1. The van der Waals surface area contributed by atoms with Crippen LogP contribution in [0.4, 0.5) is 4.79 Å². The van der Waals surface area contributed by atoms with Crippen molar-refractivity contribution in [2.75, 3.05) is 14.1 Å². The first-order valence-electron chi connectivity index (χ1n) is 5.25. The lowest BCUT2D eigenvalue weighted by atomic mass is 10.1. The molecule has 0 aliphatic carbocycles. The second-order valence-electron chi connectivity index (χ2n) is 3.92. The fourth-order valence-electron chi connectivity index (χ4n) is 1.33. The number of rotatable bonds is 4. The molecule has 0 spiro atoms. The van der Waals surface area contributed by atoms with Gasteiger partial charge in [-0.15, -0.1) is 0 Å². The summed E-state index contributed by atoms with van der Waals surface area (Å²) >= 11 is 0. The molecule has 0 bridgehead atoms. The van der Waals surface area contributed by atoms with Crippen LogP contribution in [-0.2, 0) is 11.2 Å². The third-order valence-electron chi connectivity index (χ3n) is 2.28. The van der Waals surface area contributed by atoms with E-state index in [1.54, 1.807) is 14.1 Å². The Labute approximate surface area is 100 Å². The summed E-state index contributed by atoms with van der Waals surface area (Å²) in [6, 6.07) is 7.87. The van der Waals surface area contributed by atoms with Crippen molar-refractivity contribution < 1.29 is 14.7 Å². The van der Waals surface area contributed by atoms with Crippen LogP contribution in [0.1, 0.15) is 5.56 Å². The summed E-state index contributed by atoms with van der Waals surface area (Å²) < 4.78 is 0. The SMILES string of the molecule is CN(C)C(=O)NC(Cc1ccccc1)C(=O)O. The van der Waals surface area contributed by atoms with Gasteiger partial charge in [0.25, 0.3) is 0 Å². The zero-order chi connectivity index (χ0) is 12.8. The highest BCUT2D eigenvalue weighted by Crippen LogP contribution is 2.03. The number of carboxylic acid groups (broad SMARTS) is 1. The smallest absolute Gasteiger partial charge is 0.326 e. The van der Waals surface area contributed by atoms with Crippen molar-refractivity contribution in [3.63, 3.8) is 0 Å². The van der Waals surface area contributed by atoms with E-state index in [0.29, 0.717) is 0 Å². The van der Waals surface area contributed by atoms with Crippen LogP contribution in [0.2, 0.25) is 0 Å². The van der Waals surface area contributed by atoms with E-state index in [1.165, 1.54) is 4.90 Å². The molecule has 5 heteroatoms. The van der Waals surface area contributed by atoms with Gasteiger partial charge in [0.2, 0.25) is 0 Å². The van der Waals surface area contributed by atoms with E-state index in [0.717, 1.165) is 5.56 Å². The van der Waals surface area contributed by atoms with Crippen molar-refractivity contribution in [1.82, 2.24) is 10.2 Å². The van der Waals surface area contributed by atoms with Crippen LogP contribution in [0.15, 0.2) is 30.3 Å². The highest BCUT2D eigenvalue weighted by Gasteiger charge is 2.20. The fourth-order valence-corrected chi connectivity index (χ4v) is 1.33. The maximum Gasteiger partial charge on any atom is 0.326 e. The highest BCUT2D eigenvalue weighted by molar-refractivity contribution is 5.82. The number of hydrogen-bond acceptors (Lipinski definition) is 2. The minimum absolute atomic E-state index is 0.274. The number of amides is 2. The lowest BCUT2D eigenvalue weighted by molar-refractivity contribution is -0.139. The van der Waals surface area contributed by atoms with Crippen molar-refractivity contribution in [2.45, 2.75) is 12.5 Å². The molecule has 2 N–H and O–H groups in total. The number of benzene rings is 1. The first kappa shape index (κ1) is 13.0. The Kier molecular flexibility index (Phi) is 4.51. The molecule has 0 aromatic heterocycles. The van der Waals surface area contributed by atoms with Crippen molar-refractivity contribution in [3.8, 4) is 0 Å². The van der Waals surface area contributed by atoms with E-state index >= 15 is 0 Å². The molecule has 1 aromatic carbocycles. The molecular formula is C12H16N2O3. The van der Waals surface area contributed by atoms with Gasteiger partial charge in [-0.2, -0.15) is 0 Å². The molecule has 1 aromatic rings. The molecule has 2 amide bonds. The van der Waals surface area contributed by atoms with Gasteiger partial charge in [-0.25, -0.2) is 9.59 Å². The van der Waals surface area contributed by atoms with Gasteiger partial charge >= 0.3 is 12.0 Å². The van der Waals surface area contributed by atoms with E-state index in [2.05, 4.69) is 5.32 Å². The van der Waals surface area contributed by atoms with E-state index in [4.69, 9.17) is 5.11 Å². The summed E-state index contributed by atoms with van der Waals surface area (Å²) in [4.78, 5) is 23.7. The van der Waals surface area contributed by atoms with Crippen molar-refractivity contribution >= 4 is 12.0 Å². The molecule has 92 valence electrons. The highest BCUT2D eigenvalue weighted by atomic mass is 16.4. The van der Waals surface area contributed by atoms with Crippen LogP contribution < -0.4 is 5.32 Å². The average molecular weight is 236 g/mol. The molecule has 1 atom stereocenters. The Morgan fingerprint density at radius 3 is 2.35 bits per heavy atom. The van der Waals surface area contributed by atoms with Gasteiger partial charge in [-0.05, 0) is 5.56 Å². The molecule has 0 aliphatic heterocycles. The van der Waals surface area contributed by atoms with Crippen molar-refractivity contribution in [2.24, 2.45) is 0 Å². The number of urea groups is 1. The van der Waals surface area contributed by atoms with E-state index < -0.39 is 18.0 Å². The molecule has 1 unspecified atom stereocenters. The van der Waals surface area contributed by atoms with Crippen LogP contribution in [0.25, 0.3) is 0 Å². The number of hydrogen-bond donors (Lipinski definition) is 2. The number of nitrogens with one attached hydrogen (secondary N) is 1. The summed E-state index contributed by atoms with van der Waals surface area (Å²) in [5.41, 5.74) is 0.874. The van der Waals surface area contributed by atoms with Gasteiger partial charge in [0, 0.05) is 20.5 Å². The Hall–Kier alpha value is -2.04. The second kappa shape index (κ2) is 5.89. The number of aliphatic carboxylic acids is 1. The third-order valence-corrected chi connectivity index (χ3v) is 2.28. The molecule has 0 heterocycles. The first-order chi connectivity index (χ1) is 8.00. The van der Waals surface area contributed by atoms with Gasteiger partial charge in [-0.1, -0.05) is 30.3 Å². The molecular weight excluding hydrogens is 220 g/mol. The molecule has 0 saturated heterocycles. The van der Waals surface area contributed by atoms with Crippen LogP contribution in [-0.4, -0.2) is 42.1 Å². The standard InChI is InChI=1S/C12H16N2O3/c1-14(2)12(17)13-10(11(15)16)8-9-6-4-3-5-7-9/h3-7,10H,8H2,1-2H3,(H,13,17)(H,15,16). The summed E-state index contributed by atoms with van der Waals surface area (Å²) in [5, 5.41) is 11.5. The Balaban J connectivity index is 2.68. The first-order valence-corrected chi connectivity index (χ1v) is 5.25. The normalized spacial score (nSPS) is 11.6. The topological polar surface area (TPSA) is 69.6 Å². The van der Waals surface area contributed by atoms with Crippen LogP contribution in [0.5, 0.6) is 0 Å². The van der Waals surface area contributed by atoms with Crippen molar-refractivity contribution in [1.29, 1.82) is 0 Å². The maximum atomic E-state index is 11.4. The molecule has 1 rings (SSSR count). The van der Waals surface area contributed by atoms with Crippen LogP contribution >= 0.6 is 0 Å². The van der Waals surface area contributed by atoms with Gasteiger partial charge in [0.05, 0.1) is 0 Å². The number of carbonyl (C=O) groups excluding carboxylic acids is 1. The van der Waals surface area contributed by atoms with Gasteiger partial charge < -0.3 is 15.3 Å². The van der Waals surface area contributed by atoms with E-state index in [9.17, 15) is 9.59 Å². The van der Waals surface area contributed by atoms with Crippen LogP contribution in [0, 0.1) is 0 Å². The lowest BCUT2D eigenvalue weighted by Gasteiger charge is -2.18. The number of carbonyl (C=O) groups is 2. The summed E-state index contributed by atoms with van der Waals surface area (Å²) in [5.74, 6) is -1.04. The van der Waals surface area contributed by atoms with Gasteiger partial charge in [0.15, 0.2) is 0 Å². The summed E-state index contributed by atoms with van der Waals surface area (Å²) in [6.07, 6.45) is 0.274. The Morgan fingerprint density at radius 1 is 1.29 bits per heavy atom. The summed E-state index contributed by atoms with van der Waals surface area (Å²) in [6.45, 7) is 0. The third kappa shape index (κ3) is 4.14. The molecule has 17 heavy (non-hydrogen) atoms. The van der Waals surface area contributed by atoms with E-state index in [1.807, 2.05) is 30.3 Å². The average Bonchev–Trinajstić information content (AvgIpc) is 2.29. The minimum atomic E-state index is -1.04. The largest absolute Gasteiger partial charge is 0.480 e. The summed E-state index contributed by atoms with van der Waals surface area (Å²) in [7, 11) is 3.13. The van der Waals surface area contributed by atoms with Gasteiger partial charge in [0.1, 0.15) is 6.04 Å². The predicted octanol–water partition coefficient (Wildman–Crippen LogP) is 0.954. The monoisotopic (exact) mass is 236 g/mol. The molecule has 5 nitrogen and oxygen atoms in total. The number of carboxylic acids is 1. The predicted molar refractivity (Wildman–Crippen MR) is 63.8 cm³/mol. The molecule has 0 saturated carbocycles. The van der Waals surface area contributed by atoms with Crippen LogP contribution in [0.3, 0.4) is 0 Å². The maximum absolute atomic E-state index is 11.4. The quantitative estimate of drug-likeness (QED) is 0.817. The van der Waals surface area contributed by atoms with E-state index in [-0.39, 0.29) is 6.42 Å². The minimum Gasteiger partial charge on any atom is -0.480 e. The zero-order valence-electron chi connectivity index (χ0n) is 9.88. The Bertz CT molecular complexity index is 390. The molecule has 0 radical (unpaired) electrons. The zero-order valence-corrected chi connectivity index (χ0v) is 9.88. The Morgan fingerprint density at radius 2 is 1.88 bits per heavy atom. The second-order valence-corrected chi connectivity index (χ2v) is 3.92. The molecule has 0 aliphatic rings. The lowest BCUT2D eigenvalue weighted by Crippen LogP contribution is -2.46. The van der Waals surface area contributed by atoms with Crippen molar-refractivity contribution in [3.05, 3.63) is 35.9 Å². The molecule has 0 fully saturated rings. The van der Waals surface area contributed by atoms with Gasteiger partial charge in [-0.3, -0.25) is 0 Å². The fraction of sp³-hybridized carbons (Fsp3) is 0.333.